The lowest BCUT2D eigenvalue weighted by molar-refractivity contribution is -0.139. The Balaban J connectivity index is 0.00000112. The van der Waals surface area contributed by atoms with E-state index in [0.717, 1.165) is 11.3 Å². The van der Waals surface area contributed by atoms with Gasteiger partial charge in [0.1, 0.15) is 11.2 Å². The molecule has 2 heterocycles. The molecule has 0 spiro atoms. The number of halogens is 2. The third kappa shape index (κ3) is 2.59. The van der Waals surface area contributed by atoms with E-state index >= 15 is 0 Å². The topological polar surface area (TPSA) is 62.2 Å². The van der Waals surface area contributed by atoms with E-state index in [2.05, 4.69) is 10.3 Å². The lowest BCUT2D eigenvalue weighted by Gasteiger charge is -2.21. The van der Waals surface area contributed by atoms with Gasteiger partial charge in [-0.3, -0.25) is 10.1 Å². The minimum absolute atomic E-state index is 0. The van der Waals surface area contributed by atoms with E-state index in [9.17, 15) is 4.79 Å². The van der Waals surface area contributed by atoms with E-state index < -0.39 is 12.0 Å². The fourth-order valence-corrected chi connectivity index (χ4v) is 1.68. The van der Waals surface area contributed by atoms with Gasteiger partial charge in [-0.05, 0) is 11.6 Å². The maximum absolute atomic E-state index is 10.7. The summed E-state index contributed by atoms with van der Waals surface area (Å²) >= 11 is 5.72. The molecule has 1 aliphatic rings. The molecule has 2 rings (SSSR count). The summed E-state index contributed by atoms with van der Waals surface area (Å²) in [5.74, 6) is -0.850. The molecule has 1 aromatic heterocycles. The van der Waals surface area contributed by atoms with Gasteiger partial charge in [0.25, 0.3) is 0 Å². The van der Waals surface area contributed by atoms with Gasteiger partial charge >= 0.3 is 5.97 Å². The number of aliphatic carboxylic acids is 1. The summed E-state index contributed by atoms with van der Waals surface area (Å²) in [6, 6.07) is 3.03. The Hall–Kier alpha value is -0.840. The van der Waals surface area contributed by atoms with Gasteiger partial charge in [0.2, 0.25) is 0 Å². The zero-order valence-corrected chi connectivity index (χ0v) is 9.31. The molecule has 0 amide bonds. The van der Waals surface area contributed by atoms with Crippen LogP contribution < -0.4 is 5.32 Å². The molecular formula is C9H10Cl2N2O2. The molecule has 1 atom stereocenters. The number of aromatic nitrogens is 1. The van der Waals surface area contributed by atoms with Crippen molar-refractivity contribution in [1.29, 1.82) is 0 Å². The summed E-state index contributed by atoms with van der Waals surface area (Å²) in [7, 11) is 0. The smallest absolute Gasteiger partial charge is 0.321 e. The molecule has 0 saturated carbocycles. The summed E-state index contributed by atoms with van der Waals surface area (Å²) in [5.41, 5.74) is 1.80. The summed E-state index contributed by atoms with van der Waals surface area (Å²) in [4.78, 5) is 14.8. The maximum Gasteiger partial charge on any atom is 0.321 e. The molecule has 15 heavy (non-hydrogen) atoms. The summed E-state index contributed by atoms with van der Waals surface area (Å²) in [5, 5.41) is 12.1. The van der Waals surface area contributed by atoms with Crippen LogP contribution in [0.1, 0.15) is 11.3 Å². The minimum Gasteiger partial charge on any atom is -0.480 e. The number of hydrogen-bond donors (Lipinski definition) is 2. The van der Waals surface area contributed by atoms with Crippen LogP contribution in [0.5, 0.6) is 0 Å². The minimum atomic E-state index is -0.850. The van der Waals surface area contributed by atoms with Gasteiger partial charge in [-0.1, -0.05) is 17.7 Å². The number of rotatable bonds is 1. The van der Waals surface area contributed by atoms with Crippen molar-refractivity contribution in [2.24, 2.45) is 0 Å². The van der Waals surface area contributed by atoms with Crippen LogP contribution in [0.2, 0.25) is 5.15 Å². The maximum atomic E-state index is 10.7. The number of hydrogen-bond acceptors (Lipinski definition) is 3. The Morgan fingerprint density at radius 2 is 2.33 bits per heavy atom. The van der Waals surface area contributed by atoms with Crippen LogP contribution in [0.4, 0.5) is 0 Å². The van der Waals surface area contributed by atoms with Crippen molar-refractivity contribution < 1.29 is 9.90 Å². The van der Waals surface area contributed by atoms with Crippen LogP contribution in [0.25, 0.3) is 0 Å². The first kappa shape index (κ1) is 12.2. The molecule has 6 heteroatoms. The monoisotopic (exact) mass is 248 g/mol. The molecule has 1 aromatic rings. The molecule has 2 N–H and O–H groups in total. The Morgan fingerprint density at radius 3 is 3.00 bits per heavy atom. The highest BCUT2D eigenvalue weighted by Gasteiger charge is 2.24. The van der Waals surface area contributed by atoms with E-state index in [1.165, 1.54) is 0 Å². The summed E-state index contributed by atoms with van der Waals surface area (Å²) in [6.07, 6.45) is 0.394. The van der Waals surface area contributed by atoms with Crippen LogP contribution >= 0.6 is 24.0 Å². The van der Waals surface area contributed by atoms with Crippen LogP contribution in [-0.2, 0) is 17.8 Å². The lowest BCUT2D eigenvalue weighted by Crippen LogP contribution is -2.42. The third-order valence-corrected chi connectivity index (χ3v) is 2.48. The first-order valence-corrected chi connectivity index (χ1v) is 4.65. The number of carboxylic acids is 1. The second kappa shape index (κ2) is 4.79. The van der Waals surface area contributed by atoms with Gasteiger partial charge < -0.3 is 5.11 Å². The van der Waals surface area contributed by atoms with Crippen LogP contribution in [-0.4, -0.2) is 22.1 Å². The largest absolute Gasteiger partial charge is 0.480 e. The highest BCUT2D eigenvalue weighted by molar-refractivity contribution is 6.29. The van der Waals surface area contributed by atoms with Gasteiger partial charge in [-0.25, -0.2) is 4.98 Å². The number of carboxylic acid groups (broad SMARTS) is 1. The Bertz CT molecular complexity index is 384. The number of pyridine rings is 1. The fourth-order valence-electron chi connectivity index (χ4n) is 1.51. The molecule has 0 saturated heterocycles. The molecule has 0 bridgehead atoms. The molecule has 1 aliphatic heterocycles. The Labute approximate surface area is 98.1 Å². The highest BCUT2D eigenvalue weighted by atomic mass is 35.5. The quantitative estimate of drug-likeness (QED) is 0.735. The Kier molecular flexibility index (Phi) is 3.90. The Morgan fingerprint density at radius 1 is 1.60 bits per heavy atom. The first-order valence-electron chi connectivity index (χ1n) is 4.27. The molecule has 0 aromatic carbocycles. The van der Waals surface area contributed by atoms with Crippen molar-refractivity contribution in [3.63, 3.8) is 0 Å². The summed E-state index contributed by atoms with van der Waals surface area (Å²) in [6.45, 7) is 0.538. The van der Waals surface area contributed by atoms with Gasteiger partial charge in [0.15, 0.2) is 0 Å². The van der Waals surface area contributed by atoms with Gasteiger partial charge in [0.05, 0.1) is 0 Å². The number of nitrogens with zero attached hydrogens (tertiary/aromatic N) is 1. The SMILES string of the molecule is Cl.O=C(O)C1Cc2nc(Cl)ccc2CN1. The van der Waals surface area contributed by atoms with Gasteiger partial charge in [-0.15, -0.1) is 12.4 Å². The molecule has 0 fully saturated rings. The van der Waals surface area contributed by atoms with Crippen molar-refractivity contribution in [2.75, 3.05) is 0 Å². The first-order chi connectivity index (χ1) is 6.66. The van der Waals surface area contributed by atoms with Crippen LogP contribution in [0.3, 0.4) is 0 Å². The molecule has 0 aliphatic carbocycles. The standard InChI is InChI=1S/C9H9ClN2O2.ClH/c10-8-2-1-5-4-11-7(9(13)14)3-6(5)12-8;/h1-2,7,11H,3-4H2,(H,13,14);1H. The molecule has 0 radical (unpaired) electrons. The van der Waals surface area contributed by atoms with E-state index in [1.54, 1.807) is 6.07 Å². The van der Waals surface area contributed by atoms with Gasteiger partial charge in [0, 0.05) is 18.7 Å². The van der Waals surface area contributed by atoms with E-state index in [-0.39, 0.29) is 12.4 Å². The third-order valence-electron chi connectivity index (χ3n) is 2.27. The van der Waals surface area contributed by atoms with Crippen LogP contribution in [0, 0.1) is 0 Å². The zero-order chi connectivity index (χ0) is 10.1. The van der Waals surface area contributed by atoms with Crippen molar-refractivity contribution in [3.05, 3.63) is 28.5 Å². The van der Waals surface area contributed by atoms with Crippen molar-refractivity contribution in [2.45, 2.75) is 19.0 Å². The molecular weight excluding hydrogens is 239 g/mol. The number of fused-ring (bicyclic) bond motifs is 1. The van der Waals surface area contributed by atoms with Crippen molar-refractivity contribution >= 4 is 30.0 Å². The average Bonchev–Trinajstić information content (AvgIpc) is 2.16. The number of carbonyl (C=O) groups is 1. The predicted molar refractivity (Wildman–Crippen MR) is 58.5 cm³/mol. The lowest BCUT2D eigenvalue weighted by atomic mass is 10.0. The summed E-state index contributed by atoms with van der Waals surface area (Å²) < 4.78 is 0. The predicted octanol–water partition coefficient (Wildman–Crippen LogP) is 1.26. The number of nitrogens with one attached hydrogen (secondary N) is 1. The van der Waals surface area contributed by atoms with E-state index in [4.69, 9.17) is 16.7 Å². The highest BCUT2D eigenvalue weighted by Crippen LogP contribution is 2.17. The van der Waals surface area contributed by atoms with Gasteiger partial charge in [-0.2, -0.15) is 0 Å². The fraction of sp³-hybridized carbons (Fsp3) is 0.333. The van der Waals surface area contributed by atoms with Crippen LogP contribution in [0.15, 0.2) is 12.1 Å². The van der Waals surface area contributed by atoms with Crippen molar-refractivity contribution in [3.8, 4) is 0 Å². The molecule has 82 valence electrons. The normalized spacial score (nSPS) is 18.9. The second-order valence-electron chi connectivity index (χ2n) is 3.22. The molecule has 4 nitrogen and oxygen atoms in total. The van der Waals surface area contributed by atoms with E-state index in [0.29, 0.717) is 18.1 Å². The molecule has 1 unspecified atom stereocenters. The van der Waals surface area contributed by atoms with E-state index in [1.807, 2.05) is 6.07 Å². The average molecular weight is 249 g/mol. The second-order valence-corrected chi connectivity index (χ2v) is 3.60. The van der Waals surface area contributed by atoms with Crippen molar-refractivity contribution in [1.82, 2.24) is 10.3 Å². The zero-order valence-electron chi connectivity index (χ0n) is 7.74.